The monoisotopic (exact) mass is 572 g/mol. The molecule has 0 radical (unpaired) electrons. The third kappa shape index (κ3) is 5.86. The van der Waals surface area contributed by atoms with Gasteiger partial charge in [0.15, 0.2) is 0 Å². The van der Waals surface area contributed by atoms with E-state index in [2.05, 4.69) is 27.6 Å². The molecule has 10 nitrogen and oxygen atoms in total. The zero-order valence-electron chi connectivity index (χ0n) is 24.6. The van der Waals surface area contributed by atoms with Crippen molar-refractivity contribution >= 4 is 34.4 Å². The summed E-state index contributed by atoms with van der Waals surface area (Å²) in [6, 6.07) is 12.0. The van der Waals surface area contributed by atoms with Crippen LogP contribution in [-0.2, 0) is 27.3 Å². The van der Waals surface area contributed by atoms with Crippen LogP contribution in [0.2, 0.25) is 0 Å². The summed E-state index contributed by atoms with van der Waals surface area (Å²) in [5.41, 5.74) is 5.05. The highest BCUT2D eigenvalue weighted by molar-refractivity contribution is 5.92. The Kier molecular flexibility index (Phi) is 7.90. The predicted octanol–water partition coefficient (Wildman–Crippen LogP) is 4.09. The molecule has 0 aliphatic carbocycles. The van der Waals surface area contributed by atoms with Gasteiger partial charge in [-0.1, -0.05) is 24.3 Å². The van der Waals surface area contributed by atoms with Gasteiger partial charge in [-0.25, -0.2) is 4.79 Å². The van der Waals surface area contributed by atoms with Crippen LogP contribution in [-0.4, -0.2) is 87.2 Å². The highest BCUT2D eigenvalue weighted by Gasteiger charge is 2.36. The number of rotatable bonds is 6. The van der Waals surface area contributed by atoms with Crippen LogP contribution in [0.1, 0.15) is 49.8 Å². The summed E-state index contributed by atoms with van der Waals surface area (Å²) in [5.74, 6) is -0.467. The molecule has 10 heteroatoms. The molecule has 6 rings (SSSR count). The minimum Gasteiger partial charge on any atom is -0.372 e. The minimum absolute atomic E-state index is 0.00397. The largest absolute Gasteiger partial charge is 0.372 e. The summed E-state index contributed by atoms with van der Waals surface area (Å²) in [4.78, 5) is 46.1. The van der Waals surface area contributed by atoms with Gasteiger partial charge in [0.25, 0.3) is 0 Å². The van der Waals surface area contributed by atoms with Gasteiger partial charge in [0.2, 0.25) is 11.8 Å². The second-order valence-electron chi connectivity index (χ2n) is 12.2. The average molecular weight is 573 g/mol. The van der Waals surface area contributed by atoms with E-state index in [9.17, 15) is 14.4 Å². The SMILES string of the molecule is Cc1cc(CC(CC(=O)N2CCC(N3Cc4ccccc4NC3=O)CC2)C(=O)N2CC(C)OC(C)C2)cc2cn[nH]c12. The van der Waals surface area contributed by atoms with E-state index in [1.165, 1.54) is 0 Å². The van der Waals surface area contributed by atoms with E-state index in [-0.39, 0.29) is 42.5 Å². The van der Waals surface area contributed by atoms with E-state index in [0.29, 0.717) is 39.1 Å². The molecule has 222 valence electrons. The number of amides is 4. The van der Waals surface area contributed by atoms with E-state index >= 15 is 0 Å². The molecule has 1 aromatic heterocycles. The van der Waals surface area contributed by atoms with E-state index in [1.54, 1.807) is 6.20 Å². The van der Waals surface area contributed by atoms with E-state index < -0.39 is 5.92 Å². The van der Waals surface area contributed by atoms with Crippen LogP contribution in [0.15, 0.2) is 42.6 Å². The summed E-state index contributed by atoms with van der Waals surface area (Å²) in [6.07, 6.45) is 3.78. The van der Waals surface area contributed by atoms with Crippen molar-refractivity contribution in [3.05, 3.63) is 59.3 Å². The Balaban J connectivity index is 1.14. The van der Waals surface area contributed by atoms with Crippen molar-refractivity contribution in [2.45, 2.75) is 71.2 Å². The highest BCUT2D eigenvalue weighted by atomic mass is 16.5. The molecule has 3 aromatic rings. The number of nitrogens with zero attached hydrogens (tertiary/aromatic N) is 4. The van der Waals surface area contributed by atoms with Crippen molar-refractivity contribution in [3.63, 3.8) is 0 Å². The van der Waals surface area contributed by atoms with Crippen LogP contribution in [0, 0.1) is 12.8 Å². The molecule has 2 saturated heterocycles. The molecule has 2 N–H and O–H groups in total. The Labute approximate surface area is 246 Å². The zero-order chi connectivity index (χ0) is 29.4. The number of para-hydroxylation sites is 1. The number of aromatic nitrogens is 2. The maximum atomic E-state index is 13.9. The summed E-state index contributed by atoms with van der Waals surface area (Å²) in [5, 5.41) is 11.2. The first-order valence-electron chi connectivity index (χ1n) is 15.0. The maximum Gasteiger partial charge on any atom is 0.322 e. The number of ether oxygens (including phenoxy) is 1. The van der Waals surface area contributed by atoms with Crippen molar-refractivity contribution < 1.29 is 19.1 Å². The molecular formula is C32H40N6O4. The number of piperidine rings is 1. The van der Waals surface area contributed by atoms with E-state index in [1.807, 2.05) is 59.7 Å². The number of H-pyrrole nitrogens is 1. The number of hydrogen-bond acceptors (Lipinski definition) is 5. The number of urea groups is 1. The van der Waals surface area contributed by atoms with Gasteiger partial charge in [-0.3, -0.25) is 14.7 Å². The normalized spacial score (nSPS) is 22.2. The number of benzene rings is 2. The van der Waals surface area contributed by atoms with Crippen molar-refractivity contribution in [2.75, 3.05) is 31.5 Å². The standard InChI is InChI=1S/C32H40N6O4/c1-20-12-23(14-26-16-33-35-30(20)26)13-25(31(40)37-17-21(2)42-22(3)18-37)15-29(39)36-10-8-27(9-11-36)38-19-24-6-4-5-7-28(24)34-32(38)41/h4-7,12,14,16,21-22,25,27H,8-11,13,15,17-19H2,1-3H3,(H,33,35)(H,34,41). The van der Waals surface area contributed by atoms with Gasteiger partial charge in [0.05, 0.1) is 29.8 Å². The number of nitrogens with one attached hydrogen (secondary N) is 2. The molecule has 3 unspecified atom stereocenters. The number of carbonyl (C=O) groups excluding carboxylic acids is 3. The summed E-state index contributed by atoms with van der Waals surface area (Å²) in [6.45, 7) is 8.77. The van der Waals surface area contributed by atoms with Gasteiger partial charge < -0.3 is 24.8 Å². The third-order valence-electron chi connectivity index (χ3n) is 8.91. The smallest absolute Gasteiger partial charge is 0.322 e. The molecule has 3 aliphatic heterocycles. The Morgan fingerprint density at radius 2 is 1.81 bits per heavy atom. The first-order chi connectivity index (χ1) is 20.2. The Morgan fingerprint density at radius 1 is 1.07 bits per heavy atom. The maximum absolute atomic E-state index is 13.9. The van der Waals surface area contributed by atoms with Gasteiger partial charge in [-0.15, -0.1) is 0 Å². The molecule has 4 heterocycles. The Bertz CT molecular complexity index is 1470. The van der Waals surface area contributed by atoms with E-state index in [4.69, 9.17) is 4.74 Å². The van der Waals surface area contributed by atoms with Crippen LogP contribution in [0.3, 0.4) is 0 Å². The van der Waals surface area contributed by atoms with Crippen LogP contribution in [0.4, 0.5) is 10.5 Å². The summed E-state index contributed by atoms with van der Waals surface area (Å²) >= 11 is 0. The van der Waals surface area contributed by atoms with Crippen molar-refractivity contribution in [1.82, 2.24) is 24.9 Å². The first-order valence-corrected chi connectivity index (χ1v) is 15.0. The lowest BCUT2D eigenvalue weighted by Crippen LogP contribution is -2.52. The molecular weight excluding hydrogens is 532 g/mol. The number of carbonyl (C=O) groups is 3. The number of likely N-dealkylation sites (tertiary alicyclic amines) is 1. The van der Waals surface area contributed by atoms with Crippen LogP contribution in [0.25, 0.3) is 10.9 Å². The first kappa shape index (κ1) is 28.2. The molecule has 0 bridgehead atoms. The lowest BCUT2D eigenvalue weighted by Gasteiger charge is -2.41. The van der Waals surface area contributed by atoms with Gasteiger partial charge in [0, 0.05) is 56.3 Å². The van der Waals surface area contributed by atoms with Gasteiger partial charge in [-0.2, -0.15) is 5.10 Å². The molecule has 4 amide bonds. The van der Waals surface area contributed by atoms with Crippen molar-refractivity contribution in [2.24, 2.45) is 5.92 Å². The molecule has 2 aromatic carbocycles. The second-order valence-corrected chi connectivity index (χ2v) is 12.2. The number of anilines is 1. The fourth-order valence-electron chi connectivity index (χ4n) is 6.86. The zero-order valence-corrected chi connectivity index (χ0v) is 24.6. The second kappa shape index (κ2) is 11.8. The average Bonchev–Trinajstić information content (AvgIpc) is 3.45. The van der Waals surface area contributed by atoms with E-state index in [0.717, 1.165) is 46.1 Å². The summed E-state index contributed by atoms with van der Waals surface area (Å²) in [7, 11) is 0. The van der Waals surface area contributed by atoms with Gasteiger partial charge in [-0.05, 0) is 68.9 Å². The summed E-state index contributed by atoms with van der Waals surface area (Å²) < 4.78 is 5.87. The van der Waals surface area contributed by atoms with Gasteiger partial charge >= 0.3 is 6.03 Å². The third-order valence-corrected chi connectivity index (χ3v) is 8.91. The topological polar surface area (TPSA) is 111 Å². The highest BCUT2D eigenvalue weighted by Crippen LogP contribution is 2.29. The number of aryl methyl sites for hydroxylation is 1. The lowest BCUT2D eigenvalue weighted by molar-refractivity contribution is -0.150. The lowest BCUT2D eigenvalue weighted by atomic mass is 9.91. The number of aromatic amines is 1. The molecule has 2 fully saturated rings. The molecule has 3 atom stereocenters. The number of morpholine rings is 1. The fraction of sp³-hybridized carbons (Fsp3) is 0.500. The number of fused-ring (bicyclic) bond motifs is 2. The molecule has 0 saturated carbocycles. The van der Waals surface area contributed by atoms with Gasteiger partial charge in [0.1, 0.15) is 0 Å². The van der Waals surface area contributed by atoms with Crippen LogP contribution in [0.5, 0.6) is 0 Å². The van der Waals surface area contributed by atoms with Crippen LogP contribution >= 0.6 is 0 Å². The predicted molar refractivity (Wildman–Crippen MR) is 160 cm³/mol. The van der Waals surface area contributed by atoms with Crippen molar-refractivity contribution in [3.8, 4) is 0 Å². The fourth-order valence-corrected chi connectivity index (χ4v) is 6.86. The Morgan fingerprint density at radius 3 is 2.57 bits per heavy atom. The number of hydrogen-bond donors (Lipinski definition) is 2. The molecule has 42 heavy (non-hydrogen) atoms. The molecule has 0 spiro atoms. The minimum atomic E-state index is -0.471. The quantitative estimate of drug-likeness (QED) is 0.462. The van der Waals surface area contributed by atoms with Crippen molar-refractivity contribution in [1.29, 1.82) is 0 Å². The van der Waals surface area contributed by atoms with Crippen LogP contribution < -0.4 is 5.32 Å². The Hall–Kier alpha value is -3.92. The molecule has 3 aliphatic rings.